The van der Waals surface area contributed by atoms with E-state index in [0.29, 0.717) is 22.8 Å². The molecule has 3 aromatic carbocycles. The van der Waals surface area contributed by atoms with Crippen LogP contribution in [0, 0.1) is 10.1 Å². The van der Waals surface area contributed by atoms with Crippen LogP contribution in [0.5, 0.6) is 0 Å². The molecule has 0 fully saturated rings. The minimum atomic E-state index is -4.91. The van der Waals surface area contributed by atoms with Crippen LogP contribution < -0.4 is 0 Å². The second-order valence-corrected chi connectivity index (χ2v) is 7.33. The number of hydrogen-bond acceptors (Lipinski definition) is 4. The smallest absolute Gasteiger partial charge is 0.342 e. The Morgan fingerprint density at radius 3 is 2.25 bits per heavy atom. The zero-order valence-corrected chi connectivity index (χ0v) is 17.2. The molecule has 0 saturated heterocycles. The molecule has 0 spiro atoms. The summed E-state index contributed by atoms with van der Waals surface area (Å²) in [5.41, 5.74) is -0.175. The number of azo groups is 1. The highest BCUT2D eigenvalue weighted by Crippen LogP contribution is 2.45. The van der Waals surface area contributed by atoms with Gasteiger partial charge in [0.15, 0.2) is 0 Å². The van der Waals surface area contributed by atoms with Crippen LogP contribution in [0.25, 0.3) is 22.2 Å². The molecule has 0 aliphatic carbocycles. The molecule has 0 atom stereocenters. The molecule has 0 saturated carbocycles. The Labute approximate surface area is 184 Å². The minimum Gasteiger partial charge on any atom is -0.342 e. The lowest BCUT2D eigenvalue weighted by Gasteiger charge is -2.10. The first-order chi connectivity index (χ1) is 15.2. The van der Waals surface area contributed by atoms with E-state index in [-0.39, 0.29) is 0 Å². The van der Waals surface area contributed by atoms with Crippen LogP contribution >= 0.6 is 11.6 Å². The van der Waals surface area contributed by atoms with Gasteiger partial charge in [0.1, 0.15) is 11.4 Å². The molecule has 32 heavy (non-hydrogen) atoms. The molecular weight excluding hydrogens is 445 g/mol. The van der Waals surface area contributed by atoms with Gasteiger partial charge in [-0.05, 0) is 6.07 Å². The maximum absolute atomic E-state index is 13.6. The number of rotatable bonds is 4. The van der Waals surface area contributed by atoms with Crippen LogP contribution in [0.1, 0.15) is 5.56 Å². The summed E-state index contributed by atoms with van der Waals surface area (Å²) < 4.78 is 42.7. The summed E-state index contributed by atoms with van der Waals surface area (Å²) in [7, 11) is 1.82. The van der Waals surface area contributed by atoms with Gasteiger partial charge >= 0.3 is 6.18 Å². The first-order valence-corrected chi connectivity index (χ1v) is 9.66. The minimum absolute atomic E-state index is 0.358. The molecule has 10 heteroatoms. The number of halogens is 4. The Bertz CT molecular complexity index is 1370. The van der Waals surface area contributed by atoms with E-state index in [1.807, 2.05) is 54.1 Å². The van der Waals surface area contributed by atoms with Crippen LogP contribution in [0.2, 0.25) is 5.02 Å². The molecular formula is C22H14ClF3N4O2. The molecule has 0 N–H and O–H groups in total. The van der Waals surface area contributed by atoms with Crippen molar-refractivity contribution in [1.29, 1.82) is 0 Å². The Kier molecular flexibility index (Phi) is 5.43. The van der Waals surface area contributed by atoms with E-state index < -0.39 is 33.1 Å². The third kappa shape index (κ3) is 3.82. The van der Waals surface area contributed by atoms with Gasteiger partial charge in [0.2, 0.25) is 0 Å². The van der Waals surface area contributed by atoms with Gasteiger partial charge in [0, 0.05) is 30.1 Å². The van der Waals surface area contributed by atoms with Gasteiger partial charge in [-0.3, -0.25) is 10.1 Å². The number of alkyl halides is 3. The fourth-order valence-corrected chi connectivity index (χ4v) is 3.76. The molecule has 0 radical (unpaired) electrons. The van der Waals surface area contributed by atoms with Gasteiger partial charge in [-0.15, -0.1) is 10.2 Å². The normalized spacial score (nSPS) is 12.0. The van der Waals surface area contributed by atoms with Gasteiger partial charge in [0.25, 0.3) is 5.69 Å². The van der Waals surface area contributed by atoms with Gasteiger partial charge in [0.05, 0.1) is 26.7 Å². The monoisotopic (exact) mass is 458 g/mol. The Hall–Kier alpha value is -3.72. The van der Waals surface area contributed by atoms with Crippen LogP contribution in [-0.4, -0.2) is 9.49 Å². The third-order valence-electron chi connectivity index (χ3n) is 4.94. The standard InChI is InChI=1S/C22H14ClF3N4O2/c1-29-18-10-6-5-9-15(18)19(21(29)13-7-3-2-4-8-13)27-28-20-16(22(24,25)26)11-14(30(31)32)12-17(20)23/h2-12H,1H3. The molecule has 0 aliphatic rings. The summed E-state index contributed by atoms with van der Waals surface area (Å²) in [4.78, 5) is 10.1. The van der Waals surface area contributed by atoms with Gasteiger partial charge in [-0.25, -0.2) is 0 Å². The van der Waals surface area contributed by atoms with Crippen molar-refractivity contribution in [3.05, 3.63) is 87.4 Å². The van der Waals surface area contributed by atoms with Crippen molar-refractivity contribution >= 4 is 39.6 Å². The van der Waals surface area contributed by atoms with Gasteiger partial charge in [-0.1, -0.05) is 60.1 Å². The molecule has 4 aromatic rings. The second kappa shape index (κ2) is 8.08. The average molecular weight is 459 g/mol. The van der Waals surface area contributed by atoms with E-state index in [9.17, 15) is 23.3 Å². The second-order valence-electron chi connectivity index (χ2n) is 6.92. The zero-order chi connectivity index (χ0) is 23.0. The quantitative estimate of drug-likeness (QED) is 0.177. The van der Waals surface area contributed by atoms with Crippen molar-refractivity contribution in [2.75, 3.05) is 0 Å². The van der Waals surface area contributed by atoms with Crippen LogP contribution in [-0.2, 0) is 13.2 Å². The van der Waals surface area contributed by atoms with E-state index >= 15 is 0 Å². The molecule has 0 amide bonds. The zero-order valence-electron chi connectivity index (χ0n) is 16.5. The van der Waals surface area contributed by atoms with Crippen molar-refractivity contribution in [2.45, 2.75) is 6.18 Å². The number of hydrogen-bond donors (Lipinski definition) is 0. The van der Waals surface area contributed by atoms with Crippen LogP contribution in [0.3, 0.4) is 0 Å². The molecule has 6 nitrogen and oxygen atoms in total. The highest BCUT2D eigenvalue weighted by molar-refractivity contribution is 6.33. The molecule has 0 bridgehead atoms. The number of nitro groups is 1. The van der Waals surface area contributed by atoms with Crippen molar-refractivity contribution in [3.63, 3.8) is 0 Å². The predicted octanol–water partition coefficient (Wildman–Crippen LogP) is 7.84. The molecule has 4 rings (SSSR count). The van der Waals surface area contributed by atoms with E-state index in [2.05, 4.69) is 10.2 Å². The summed E-state index contributed by atoms with van der Waals surface area (Å²) in [6, 6.07) is 17.7. The number of non-ortho nitro benzene ring substituents is 1. The number of aryl methyl sites for hydroxylation is 1. The third-order valence-corrected chi connectivity index (χ3v) is 5.23. The predicted molar refractivity (Wildman–Crippen MR) is 116 cm³/mol. The van der Waals surface area contributed by atoms with E-state index in [4.69, 9.17) is 11.6 Å². The maximum atomic E-state index is 13.6. The highest BCUT2D eigenvalue weighted by atomic mass is 35.5. The average Bonchev–Trinajstić information content (AvgIpc) is 3.04. The summed E-state index contributed by atoms with van der Waals surface area (Å²) >= 11 is 5.97. The Morgan fingerprint density at radius 2 is 1.59 bits per heavy atom. The van der Waals surface area contributed by atoms with Crippen molar-refractivity contribution in [3.8, 4) is 11.3 Å². The fourth-order valence-electron chi connectivity index (χ4n) is 3.51. The SMILES string of the molecule is Cn1c(-c2ccccc2)c(N=Nc2c(Cl)cc([N+](=O)[O-])cc2C(F)(F)F)c2ccccc21. The molecule has 1 aromatic heterocycles. The summed E-state index contributed by atoms with van der Waals surface area (Å²) in [5, 5.41) is 19.2. The highest BCUT2D eigenvalue weighted by Gasteiger charge is 2.37. The van der Waals surface area contributed by atoms with Gasteiger partial charge in [-0.2, -0.15) is 13.2 Å². The fraction of sp³-hybridized carbons (Fsp3) is 0.0909. The number of para-hydroxylation sites is 1. The van der Waals surface area contributed by atoms with E-state index in [1.165, 1.54) is 0 Å². The molecule has 162 valence electrons. The number of fused-ring (bicyclic) bond motifs is 1. The van der Waals surface area contributed by atoms with Crippen molar-refractivity contribution in [1.82, 2.24) is 4.57 Å². The Balaban J connectivity index is 1.96. The molecule has 0 unspecified atom stereocenters. The van der Waals surface area contributed by atoms with Crippen LogP contribution in [0.15, 0.2) is 77.0 Å². The van der Waals surface area contributed by atoms with Crippen LogP contribution in [0.4, 0.5) is 30.2 Å². The summed E-state index contributed by atoms with van der Waals surface area (Å²) in [6.07, 6.45) is -4.91. The lowest BCUT2D eigenvalue weighted by molar-refractivity contribution is -0.385. The van der Waals surface area contributed by atoms with E-state index in [1.54, 1.807) is 12.1 Å². The summed E-state index contributed by atoms with van der Waals surface area (Å²) in [5.74, 6) is 0. The van der Waals surface area contributed by atoms with Crippen molar-refractivity contribution < 1.29 is 18.1 Å². The lowest BCUT2D eigenvalue weighted by Crippen LogP contribution is -2.06. The maximum Gasteiger partial charge on any atom is 0.418 e. The number of nitro benzene ring substituents is 1. The van der Waals surface area contributed by atoms with Gasteiger partial charge < -0.3 is 4.57 Å². The molecule has 0 aliphatic heterocycles. The number of benzene rings is 3. The first kappa shape index (κ1) is 21.5. The summed E-state index contributed by atoms with van der Waals surface area (Å²) in [6.45, 7) is 0. The first-order valence-electron chi connectivity index (χ1n) is 9.28. The Morgan fingerprint density at radius 1 is 0.969 bits per heavy atom. The number of nitrogens with zero attached hydrogens (tertiary/aromatic N) is 4. The lowest BCUT2D eigenvalue weighted by atomic mass is 10.1. The van der Waals surface area contributed by atoms with E-state index in [0.717, 1.165) is 17.1 Å². The molecule has 1 heterocycles. The largest absolute Gasteiger partial charge is 0.418 e. The number of aromatic nitrogens is 1. The topological polar surface area (TPSA) is 72.8 Å². The van der Waals surface area contributed by atoms with Crippen molar-refractivity contribution in [2.24, 2.45) is 17.3 Å².